The van der Waals surface area contributed by atoms with Crippen molar-refractivity contribution in [1.82, 2.24) is 4.90 Å². The van der Waals surface area contributed by atoms with Crippen LogP contribution in [0.5, 0.6) is 0 Å². The van der Waals surface area contributed by atoms with Gasteiger partial charge in [-0.3, -0.25) is 0 Å². The molecule has 8 heteroatoms. The third kappa shape index (κ3) is 29.5. The standard InChI is InChI=1S/C29H59NO7/c1-6-7-8-9-10-11-12-13-14-15-16-18-32-20-22-34-24-26-36-27-25-35-23-21-33-19-17-30(5)28(31)37-29(2,3)4/h6-27H2,1-5H3. The van der Waals surface area contributed by atoms with Gasteiger partial charge in [0.2, 0.25) is 0 Å². The lowest BCUT2D eigenvalue weighted by Gasteiger charge is -2.24. The summed E-state index contributed by atoms with van der Waals surface area (Å²) in [6.45, 7) is 13.9. The van der Waals surface area contributed by atoms with Gasteiger partial charge in [0.25, 0.3) is 0 Å². The summed E-state index contributed by atoms with van der Waals surface area (Å²) in [6.07, 6.45) is 14.5. The highest BCUT2D eigenvalue weighted by Crippen LogP contribution is 2.11. The summed E-state index contributed by atoms with van der Waals surface area (Å²) >= 11 is 0. The van der Waals surface area contributed by atoms with E-state index in [-0.39, 0.29) is 6.09 Å². The van der Waals surface area contributed by atoms with E-state index >= 15 is 0 Å². The zero-order chi connectivity index (χ0) is 27.5. The second-order valence-electron chi connectivity index (χ2n) is 10.5. The fraction of sp³-hybridized carbons (Fsp3) is 0.966. The molecule has 0 aromatic carbocycles. The van der Waals surface area contributed by atoms with Gasteiger partial charge in [-0.1, -0.05) is 71.1 Å². The molecule has 0 aliphatic rings. The van der Waals surface area contributed by atoms with Gasteiger partial charge in [-0.25, -0.2) is 4.79 Å². The van der Waals surface area contributed by atoms with Gasteiger partial charge in [-0.05, 0) is 27.2 Å². The maximum absolute atomic E-state index is 11.8. The number of nitrogens with zero attached hydrogens (tertiary/aromatic N) is 1. The molecule has 0 radical (unpaired) electrons. The first kappa shape index (κ1) is 36.1. The van der Waals surface area contributed by atoms with Crippen LogP contribution in [-0.2, 0) is 28.4 Å². The molecule has 0 N–H and O–H groups in total. The Kier molecular flexibility index (Phi) is 26.0. The molecular formula is C29H59NO7. The first-order chi connectivity index (χ1) is 17.9. The van der Waals surface area contributed by atoms with Gasteiger partial charge in [0.05, 0.1) is 59.5 Å². The first-order valence-corrected chi connectivity index (χ1v) is 14.7. The average molecular weight is 534 g/mol. The van der Waals surface area contributed by atoms with E-state index in [0.717, 1.165) is 13.0 Å². The van der Waals surface area contributed by atoms with Gasteiger partial charge < -0.3 is 33.3 Å². The Morgan fingerprint density at radius 3 is 1.30 bits per heavy atom. The topological polar surface area (TPSA) is 75.7 Å². The highest BCUT2D eigenvalue weighted by atomic mass is 16.6. The minimum Gasteiger partial charge on any atom is -0.444 e. The Hall–Kier alpha value is -0.930. The van der Waals surface area contributed by atoms with Crippen LogP contribution in [0.3, 0.4) is 0 Å². The summed E-state index contributed by atoms with van der Waals surface area (Å²) in [6, 6.07) is 0. The van der Waals surface area contributed by atoms with Crippen molar-refractivity contribution in [2.45, 2.75) is 104 Å². The summed E-state index contributed by atoms with van der Waals surface area (Å²) in [5, 5.41) is 0. The van der Waals surface area contributed by atoms with E-state index in [1.807, 2.05) is 20.8 Å². The van der Waals surface area contributed by atoms with Crippen molar-refractivity contribution < 1.29 is 33.2 Å². The monoisotopic (exact) mass is 533 g/mol. The molecule has 0 fully saturated rings. The van der Waals surface area contributed by atoms with Crippen LogP contribution < -0.4 is 0 Å². The number of unbranched alkanes of at least 4 members (excludes halogenated alkanes) is 10. The molecule has 0 spiro atoms. The van der Waals surface area contributed by atoms with Crippen LogP contribution in [0.4, 0.5) is 4.79 Å². The summed E-state index contributed by atoms with van der Waals surface area (Å²) < 4.78 is 32.9. The molecule has 0 unspecified atom stereocenters. The maximum Gasteiger partial charge on any atom is 0.410 e. The Morgan fingerprint density at radius 2 is 0.892 bits per heavy atom. The van der Waals surface area contributed by atoms with Gasteiger partial charge in [0.1, 0.15) is 5.60 Å². The summed E-state index contributed by atoms with van der Waals surface area (Å²) in [4.78, 5) is 13.3. The van der Waals surface area contributed by atoms with E-state index in [1.54, 1.807) is 7.05 Å². The fourth-order valence-electron chi connectivity index (χ4n) is 3.48. The Bertz CT molecular complexity index is 485. The van der Waals surface area contributed by atoms with Crippen molar-refractivity contribution in [3.8, 4) is 0 Å². The highest BCUT2D eigenvalue weighted by Gasteiger charge is 2.19. The minimum absolute atomic E-state index is 0.347. The molecule has 0 aromatic heterocycles. The van der Waals surface area contributed by atoms with Crippen LogP contribution in [0.25, 0.3) is 0 Å². The largest absolute Gasteiger partial charge is 0.444 e. The third-order valence-electron chi connectivity index (χ3n) is 5.66. The van der Waals surface area contributed by atoms with Crippen LogP contribution in [-0.4, -0.2) is 96.3 Å². The van der Waals surface area contributed by atoms with E-state index in [2.05, 4.69) is 6.92 Å². The van der Waals surface area contributed by atoms with Crippen molar-refractivity contribution in [3.63, 3.8) is 0 Å². The van der Waals surface area contributed by atoms with Gasteiger partial charge >= 0.3 is 6.09 Å². The number of carbonyl (C=O) groups is 1. The van der Waals surface area contributed by atoms with Crippen LogP contribution in [0.2, 0.25) is 0 Å². The molecule has 8 nitrogen and oxygen atoms in total. The van der Waals surface area contributed by atoms with Crippen LogP contribution in [0, 0.1) is 0 Å². The number of carbonyl (C=O) groups excluding carboxylic acids is 1. The van der Waals surface area contributed by atoms with Gasteiger partial charge in [-0.2, -0.15) is 0 Å². The van der Waals surface area contributed by atoms with Crippen LogP contribution in [0.15, 0.2) is 0 Å². The molecule has 0 atom stereocenters. The molecule has 0 rings (SSSR count). The number of hydrogen-bond donors (Lipinski definition) is 0. The molecule has 0 aromatic rings. The van der Waals surface area contributed by atoms with E-state index in [1.165, 1.54) is 69.1 Å². The smallest absolute Gasteiger partial charge is 0.410 e. The molecule has 0 heterocycles. The SMILES string of the molecule is CCCCCCCCCCCCCOCCOCCOCCOCCOCCN(C)C(=O)OC(C)(C)C. The van der Waals surface area contributed by atoms with Gasteiger partial charge in [0.15, 0.2) is 0 Å². The molecular weight excluding hydrogens is 474 g/mol. The van der Waals surface area contributed by atoms with Crippen molar-refractivity contribution in [2.75, 3.05) is 79.7 Å². The quantitative estimate of drug-likeness (QED) is 0.116. The normalized spacial score (nSPS) is 11.7. The average Bonchev–Trinajstić information content (AvgIpc) is 2.85. The molecule has 37 heavy (non-hydrogen) atoms. The van der Waals surface area contributed by atoms with E-state index in [0.29, 0.717) is 66.0 Å². The van der Waals surface area contributed by atoms with Crippen LogP contribution in [0.1, 0.15) is 98.3 Å². The van der Waals surface area contributed by atoms with E-state index in [9.17, 15) is 4.79 Å². The number of likely N-dealkylation sites (N-methyl/N-ethyl adjacent to an activating group) is 1. The lowest BCUT2D eigenvalue weighted by Crippen LogP contribution is -2.36. The first-order valence-electron chi connectivity index (χ1n) is 14.7. The van der Waals surface area contributed by atoms with Crippen molar-refractivity contribution in [1.29, 1.82) is 0 Å². The molecule has 0 aliphatic carbocycles. The molecule has 0 saturated carbocycles. The number of hydrogen-bond acceptors (Lipinski definition) is 7. The Labute approximate surface area is 228 Å². The molecule has 0 aliphatic heterocycles. The predicted octanol–water partition coefficient (Wildman–Crippen LogP) is 6.25. The second-order valence-corrected chi connectivity index (χ2v) is 10.5. The minimum atomic E-state index is -0.492. The zero-order valence-corrected chi connectivity index (χ0v) is 24.9. The summed E-state index contributed by atoms with van der Waals surface area (Å²) in [5.74, 6) is 0. The lowest BCUT2D eigenvalue weighted by atomic mass is 10.1. The fourth-order valence-corrected chi connectivity index (χ4v) is 3.48. The number of rotatable bonds is 27. The van der Waals surface area contributed by atoms with E-state index < -0.39 is 5.60 Å². The van der Waals surface area contributed by atoms with E-state index in [4.69, 9.17) is 28.4 Å². The van der Waals surface area contributed by atoms with Crippen LogP contribution >= 0.6 is 0 Å². The summed E-state index contributed by atoms with van der Waals surface area (Å²) in [7, 11) is 1.70. The van der Waals surface area contributed by atoms with Gasteiger partial charge in [0, 0.05) is 20.2 Å². The van der Waals surface area contributed by atoms with Crippen molar-refractivity contribution in [2.24, 2.45) is 0 Å². The molecule has 222 valence electrons. The molecule has 0 saturated heterocycles. The second kappa shape index (κ2) is 26.7. The van der Waals surface area contributed by atoms with Crippen molar-refractivity contribution >= 4 is 6.09 Å². The molecule has 0 bridgehead atoms. The Balaban J connectivity index is 3.17. The molecule has 1 amide bonds. The lowest BCUT2D eigenvalue weighted by molar-refractivity contribution is -0.0132. The Morgan fingerprint density at radius 1 is 0.541 bits per heavy atom. The predicted molar refractivity (Wildman–Crippen MR) is 149 cm³/mol. The highest BCUT2D eigenvalue weighted by molar-refractivity contribution is 5.67. The maximum atomic E-state index is 11.8. The number of ether oxygens (including phenoxy) is 6. The zero-order valence-electron chi connectivity index (χ0n) is 24.9. The van der Waals surface area contributed by atoms with Crippen molar-refractivity contribution in [3.05, 3.63) is 0 Å². The van der Waals surface area contributed by atoms with Gasteiger partial charge in [-0.15, -0.1) is 0 Å². The summed E-state index contributed by atoms with van der Waals surface area (Å²) in [5.41, 5.74) is -0.492. The third-order valence-corrected chi connectivity index (χ3v) is 5.66. The number of amides is 1.